The van der Waals surface area contributed by atoms with E-state index in [1.807, 2.05) is 0 Å². The van der Waals surface area contributed by atoms with Crippen molar-refractivity contribution in [2.45, 2.75) is 12.7 Å². The van der Waals surface area contributed by atoms with Crippen LogP contribution in [0.5, 0.6) is 5.75 Å². The van der Waals surface area contributed by atoms with Crippen LogP contribution in [0.15, 0.2) is 36.4 Å². The summed E-state index contributed by atoms with van der Waals surface area (Å²) < 4.78 is 51.2. The molecule has 0 fully saturated rings. The van der Waals surface area contributed by atoms with E-state index in [9.17, 15) is 22.7 Å². The Morgan fingerprint density at radius 1 is 1.10 bits per heavy atom. The van der Waals surface area contributed by atoms with E-state index in [2.05, 4.69) is 5.32 Å². The van der Waals surface area contributed by atoms with Gasteiger partial charge in [-0.25, -0.2) is 4.39 Å². The summed E-state index contributed by atoms with van der Waals surface area (Å²) in [5.74, 6) is -0.689. The molecule has 0 spiro atoms. The quantitative estimate of drug-likeness (QED) is 0.795. The number of anilines is 1. The Morgan fingerprint density at radius 2 is 1.81 bits per heavy atom. The molecule has 0 aliphatic rings. The molecule has 0 radical (unpaired) electrons. The van der Waals surface area contributed by atoms with Crippen LogP contribution in [0.3, 0.4) is 0 Å². The lowest BCUT2D eigenvalue weighted by Crippen LogP contribution is -2.07. The first-order valence-electron chi connectivity index (χ1n) is 5.85. The van der Waals surface area contributed by atoms with Crippen molar-refractivity contribution in [1.29, 1.82) is 0 Å². The van der Waals surface area contributed by atoms with E-state index < -0.39 is 22.6 Å². The molecule has 0 saturated heterocycles. The molecule has 2 nitrogen and oxygen atoms in total. The molecule has 0 heterocycles. The van der Waals surface area contributed by atoms with E-state index in [4.69, 9.17) is 11.6 Å². The van der Waals surface area contributed by atoms with Gasteiger partial charge in [-0.15, -0.1) is 0 Å². The third-order valence-electron chi connectivity index (χ3n) is 2.80. The van der Waals surface area contributed by atoms with E-state index in [0.29, 0.717) is 0 Å². The fourth-order valence-corrected chi connectivity index (χ4v) is 1.97. The second-order valence-corrected chi connectivity index (χ2v) is 4.73. The molecule has 2 rings (SSSR count). The summed E-state index contributed by atoms with van der Waals surface area (Å²) in [5.41, 5.74) is -0.563. The van der Waals surface area contributed by atoms with Gasteiger partial charge in [0.25, 0.3) is 0 Å². The van der Waals surface area contributed by atoms with Gasteiger partial charge < -0.3 is 10.4 Å². The molecular weight excluding hydrogens is 310 g/mol. The number of halogens is 5. The van der Waals surface area contributed by atoms with Crippen molar-refractivity contribution in [2.75, 3.05) is 5.32 Å². The fourth-order valence-electron chi connectivity index (χ4n) is 1.75. The molecule has 2 N–H and O–H groups in total. The Kier molecular flexibility index (Phi) is 4.27. The molecule has 0 atom stereocenters. The fraction of sp³-hybridized carbons (Fsp3) is 0.143. The summed E-state index contributed by atoms with van der Waals surface area (Å²) in [6.07, 6.45) is -4.56. The molecule has 0 bridgehead atoms. The Balaban J connectivity index is 2.19. The molecule has 0 unspecified atom stereocenters. The summed E-state index contributed by atoms with van der Waals surface area (Å²) in [6.45, 7) is -0.0253. The standard InChI is InChI=1S/C14H10ClF4NO/c15-12-3-2-10(6-11(12)14(17,18)19)20-7-8-5-9(16)1-4-13(8)21/h1-6,20-21H,7H2. The van der Waals surface area contributed by atoms with E-state index in [1.54, 1.807) is 0 Å². The molecule has 0 saturated carbocycles. The number of hydrogen-bond acceptors (Lipinski definition) is 2. The summed E-state index contributed by atoms with van der Waals surface area (Å²) in [5, 5.41) is 11.8. The lowest BCUT2D eigenvalue weighted by molar-refractivity contribution is -0.137. The van der Waals surface area contributed by atoms with Crippen LogP contribution in [-0.2, 0) is 12.7 Å². The smallest absolute Gasteiger partial charge is 0.417 e. The van der Waals surface area contributed by atoms with E-state index >= 15 is 0 Å². The summed E-state index contributed by atoms with van der Waals surface area (Å²) in [4.78, 5) is 0. The maximum atomic E-state index is 13.0. The minimum atomic E-state index is -4.56. The van der Waals surface area contributed by atoms with Crippen LogP contribution in [0.4, 0.5) is 23.2 Å². The van der Waals surface area contributed by atoms with Gasteiger partial charge in [0.15, 0.2) is 0 Å². The van der Waals surface area contributed by atoms with Crippen LogP contribution in [0.1, 0.15) is 11.1 Å². The number of phenols is 1. The van der Waals surface area contributed by atoms with Gasteiger partial charge in [-0.3, -0.25) is 0 Å². The zero-order chi connectivity index (χ0) is 15.6. The first kappa shape index (κ1) is 15.4. The van der Waals surface area contributed by atoms with Gasteiger partial charge in [0, 0.05) is 17.8 Å². The second-order valence-electron chi connectivity index (χ2n) is 4.32. The number of aromatic hydroxyl groups is 1. The average molecular weight is 320 g/mol. The van der Waals surface area contributed by atoms with Crippen molar-refractivity contribution in [3.63, 3.8) is 0 Å². The summed E-state index contributed by atoms with van der Waals surface area (Å²) in [6, 6.07) is 6.71. The van der Waals surface area contributed by atoms with Crippen molar-refractivity contribution in [3.8, 4) is 5.75 Å². The molecule has 2 aromatic rings. The molecular formula is C14H10ClF4NO. The first-order chi connectivity index (χ1) is 9.77. The molecule has 0 aliphatic heterocycles. The number of rotatable bonds is 3. The van der Waals surface area contributed by atoms with Crippen LogP contribution in [-0.4, -0.2) is 5.11 Å². The van der Waals surface area contributed by atoms with Crippen LogP contribution in [0.25, 0.3) is 0 Å². The Bertz CT molecular complexity index is 658. The molecule has 2 aromatic carbocycles. The van der Waals surface area contributed by atoms with Crippen LogP contribution in [0, 0.1) is 5.82 Å². The molecule has 21 heavy (non-hydrogen) atoms. The van der Waals surface area contributed by atoms with Crippen LogP contribution in [0.2, 0.25) is 5.02 Å². The van der Waals surface area contributed by atoms with E-state index in [1.165, 1.54) is 12.1 Å². The van der Waals surface area contributed by atoms with Gasteiger partial charge in [-0.1, -0.05) is 11.6 Å². The summed E-state index contributed by atoms with van der Waals surface area (Å²) >= 11 is 5.51. The van der Waals surface area contributed by atoms with Gasteiger partial charge in [-0.05, 0) is 36.4 Å². The normalized spacial score (nSPS) is 11.5. The zero-order valence-corrected chi connectivity index (χ0v) is 11.3. The minimum Gasteiger partial charge on any atom is -0.508 e. The number of alkyl halides is 3. The number of phenolic OH excluding ortho intramolecular Hbond substituents is 1. The number of hydrogen-bond donors (Lipinski definition) is 2. The Labute approximate surface area is 123 Å². The average Bonchev–Trinajstić information content (AvgIpc) is 2.40. The predicted octanol–water partition coefficient (Wildman–Crippen LogP) is 4.82. The topological polar surface area (TPSA) is 32.3 Å². The minimum absolute atomic E-state index is 0.0253. The van der Waals surface area contributed by atoms with Gasteiger partial charge in [-0.2, -0.15) is 13.2 Å². The van der Waals surface area contributed by atoms with Crippen LogP contribution >= 0.6 is 11.6 Å². The number of nitrogens with one attached hydrogen (secondary N) is 1. The first-order valence-corrected chi connectivity index (χ1v) is 6.23. The molecule has 0 amide bonds. The van der Waals surface area contributed by atoms with Crippen molar-refractivity contribution in [3.05, 3.63) is 58.4 Å². The monoisotopic (exact) mass is 319 g/mol. The van der Waals surface area contributed by atoms with Gasteiger partial charge >= 0.3 is 6.18 Å². The van der Waals surface area contributed by atoms with Crippen molar-refractivity contribution in [1.82, 2.24) is 0 Å². The molecule has 7 heteroatoms. The molecule has 0 aliphatic carbocycles. The maximum absolute atomic E-state index is 13.0. The van der Waals surface area contributed by atoms with Crippen molar-refractivity contribution >= 4 is 17.3 Å². The van der Waals surface area contributed by atoms with Crippen LogP contribution < -0.4 is 5.32 Å². The SMILES string of the molecule is Oc1ccc(F)cc1CNc1ccc(Cl)c(C(F)(F)F)c1. The highest BCUT2D eigenvalue weighted by Gasteiger charge is 2.33. The largest absolute Gasteiger partial charge is 0.508 e. The van der Waals surface area contributed by atoms with Crippen molar-refractivity contribution < 1.29 is 22.7 Å². The van der Waals surface area contributed by atoms with E-state index in [0.717, 1.165) is 24.3 Å². The third kappa shape index (κ3) is 3.78. The van der Waals surface area contributed by atoms with Gasteiger partial charge in [0.2, 0.25) is 0 Å². The second kappa shape index (κ2) is 5.81. The summed E-state index contributed by atoms with van der Waals surface area (Å²) in [7, 11) is 0. The maximum Gasteiger partial charge on any atom is 0.417 e. The third-order valence-corrected chi connectivity index (χ3v) is 3.13. The number of benzene rings is 2. The zero-order valence-electron chi connectivity index (χ0n) is 10.5. The molecule has 112 valence electrons. The highest BCUT2D eigenvalue weighted by atomic mass is 35.5. The van der Waals surface area contributed by atoms with Crippen molar-refractivity contribution in [2.24, 2.45) is 0 Å². The highest BCUT2D eigenvalue weighted by molar-refractivity contribution is 6.31. The van der Waals surface area contributed by atoms with Gasteiger partial charge in [0.05, 0.1) is 10.6 Å². The Hall–Kier alpha value is -1.95. The highest BCUT2D eigenvalue weighted by Crippen LogP contribution is 2.36. The lowest BCUT2D eigenvalue weighted by Gasteiger charge is -2.13. The Morgan fingerprint density at radius 3 is 2.48 bits per heavy atom. The van der Waals surface area contributed by atoms with E-state index in [-0.39, 0.29) is 23.5 Å². The van der Waals surface area contributed by atoms with Gasteiger partial charge in [0.1, 0.15) is 11.6 Å². The lowest BCUT2D eigenvalue weighted by atomic mass is 10.1. The molecule has 0 aromatic heterocycles. The predicted molar refractivity (Wildman–Crippen MR) is 71.8 cm³/mol.